The van der Waals surface area contributed by atoms with Crippen molar-refractivity contribution in [1.82, 2.24) is 4.98 Å². The maximum atomic E-state index is 9.64. The third-order valence-electron chi connectivity index (χ3n) is 2.26. The summed E-state index contributed by atoms with van der Waals surface area (Å²) in [4.78, 5) is 4.06. The molecule has 0 saturated carbocycles. The average molecular weight is 260 g/mol. The zero-order valence-electron chi connectivity index (χ0n) is 8.02. The highest BCUT2D eigenvalue weighted by Gasteiger charge is 2.18. The van der Waals surface area contributed by atoms with Gasteiger partial charge in [0.25, 0.3) is 0 Å². The Labute approximate surface area is 91.9 Å². The van der Waals surface area contributed by atoms with Crippen LogP contribution in [0.4, 0.5) is 0 Å². The van der Waals surface area contributed by atoms with Crippen LogP contribution in [0.25, 0.3) is 0 Å². The van der Waals surface area contributed by atoms with Crippen molar-refractivity contribution in [3.05, 3.63) is 28.5 Å². The van der Waals surface area contributed by atoms with Gasteiger partial charge in [-0.2, -0.15) is 0 Å². The molecule has 0 amide bonds. The van der Waals surface area contributed by atoms with E-state index in [4.69, 9.17) is 5.11 Å². The number of hydrogen-bond acceptors (Lipinski definition) is 3. The van der Waals surface area contributed by atoms with Crippen LogP contribution in [0.2, 0.25) is 0 Å². The highest BCUT2D eigenvalue weighted by atomic mass is 79.9. The predicted octanol–water partition coefficient (Wildman–Crippen LogP) is 1.69. The first-order valence-electron chi connectivity index (χ1n) is 4.59. The van der Waals surface area contributed by atoms with Crippen LogP contribution in [0, 0.1) is 0 Å². The van der Waals surface area contributed by atoms with E-state index < -0.39 is 6.10 Å². The summed E-state index contributed by atoms with van der Waals surface area (Å²) < 4.78 is 0.754. The fourth-order valence-corrected chi connectivity index (χ4v) is 1.57. The topological polar surface area (TPSA) is 53.4 Å². The van der Waals surface area contributed by atoms with Crippen molar-refractivity contribution in [3.63, 3.8) is 0 Å². The van der Waals surface area contributed by atoms with Gasteiger partial charge in [0.05, 0.1) is 12.7 Å². The Balaban J connectivity index is 2.84. The molecule has 0 aliphatic heterocycles. The Morgan fingerprint density at radius 3 is 2.64 bits per heavy atom. The molecule has 0 fully saturated rings. The van der Waals surface area contributed by atoms with Gasteiger partial charge in [0.1, 0.15) is 4.60 Å². The molecule has 1 aromatic heterocycles. The summed E-state index contributed by atoms with van der Waals surface area (Å²) in [5, 5.41) is 18.8. The Morgan fingerprint density at radius 2 is 2.21 bits per heavy atom. The maximum absolute atomic E-state index is 9.64. The lowest BCUT2D eigenvalue weighted by molar-refractivity contribution is 0.103. The minimum absolute atomic E-state index is 0.0572. The van der Waals surface area contributed by atoms with Crippen LogP contribution in [-0.2, 0) is 0 Å². The highest BCUT2D eigenvalue weighted by Crippen LogP contribution is 2.21. The first kappa shape index (κ1) is 11.6. The summed E-state index contributed by atoms with van der Waals surface area (Å²) in [5.74, 6) is -0.236. The van der Waals surface area contributed by atoms with E-state index in [1.165, 1.54) is 0 Å². The van der Waals surface area contributed by atoms with Crippen LogP contribution in [0.5, 0.6) is 0 Å². The zero-order valence-corrected chi connectivity index (χ0v) is 9.61. The molecule has 0 aliphatic rings. The highest BCUT2D eigenvalue weighted by molar-refractivity contribution is 9.10. The van der Waals surface area contributed by atoms with Crippen LogP contribution < -0.4 is 0 Å². The second kappa shape index (κ2) is 5.44. The molecule has 2 unspecified atom stereocenters. The fourth-order valence-electron chi connectivity index (χ4n) is 1.34. The molecule has 0 aromatic carbocycles. The molecule has 0 bridgehead atoms. The largest absolute Gasteiger partial charge is 0.396 e. The first-order valence-corrected chi connectivity index (χ1v) is 5.38. The van der Waals surface area contributed by atoms with Crippen molar-refractivity contribution in [1.29, 1.82) is 0 Å². The van der Waals surface area contributed by atoms with Gasteiger partial charge in [0, 0.05) is 12.1 Å². The van der Waals surface area contributed by atoms with Gasteiger partial charge >= 0.3 is 0 Å². The fraction of sp³-hybridized carbons (Fsp3) is 0.500. The van der Waals surface area contributed by atoms with Crippen molar-refractivity contribution >= 4 is 15.9 Å². The molecule has 3 nitrogen and oxygen atoms in total. The van der Waals surface area contributed by atoms with Gasteiger partial charge in [-0.1, -0.05) is 13.0 Å². The summed E-state index contributed by atoms with van der Waals surface area (Å²) >= 11 is 3.23. The standard InChI is InChI=1S/C10H14BrNO2/c1-2-9(14)8(6-13)7-3-4-10(11)12-5-7/h3-5,8-9,13-14H,2,6H2,1H3. The Bertz CT molecular complexity index is 276. The van der Waals surface area contributed by atoms with Crippen LogP contribution in [0.1, 0.15) is 24.8 Å². The number of aromatic nitrogens is 1. The van der Waals surface area contributed by atoms with Crippen molar-refractivity contribution in [2.75, 3.05) is 6.61 Å². The molecule has 14 heavy (non-hydrogen) atoms. The summed E-state index contributed by atoms with van der Waals surface area (Å²) in [6, 6.07) is 3.66. The van der Waals surface area contributed by atoms with Gasteiger partial charge in [0.15, 0.2) is 0 Å². The van der Waals surface area contributed by atoms with Gasteiger partial charge < -0.3 is 10.2 Å². The number of rotatable bonds is 4. The quantitative estimate of drug-likeness (QED) is 0.810. The van der Waals surface area contributed by atoms with Gasteiger partial charge in [-0.25, -0.2) is 4.98 Å². The third-order valence-corrected chi connectivity index (χ3v) is 2.73. The number of nitrogens with zero attached hydrogens (tertiary/aromatic N) is 1. The van der Waals surface area contributed by atoms with Crippen molar-refractivity contribution < 1.29 is 10.2 Å². The van der Waals surface area contributed by atoms with E-state index >= 15 is 0 Å². The number of pyridine rings is 1. The second-order valence-corrected chi connectivity index (χ2v) is 3.99. The number of aliphatic hydroxyl groups is 2. The SMILES string of the molecule is CCC(O)C(CO)c1ccc(Br)nc1. The molecule has 2 N–H and O–H groups in total. The van der Waals surface area contributed by atoms with Crippen LogP contribution in [-0.4, -0.2) is 27.9 Å². The monoisotopic (exact) mass is 259 g/mol. The number of aliphatic hydroxyl groups excluding tert-OH is 2. The van der Waals surface area contributed by atoms with E-state index in [9.17, 15) is 5.11 Å². The zero-order chi connectivity index (χ0) is 10.6. The third kappa shape index (κ3) is 2.77. The minimum atomic E-state index is -0.511. The number of hydrogen-bond donors (Lipinski definition) is 2. The smallest absolute Gasteiger partial charge is 0.106 e. The molecule has 0 radical (unpaired) electrons. The molecule has 0 saturated heterocycles. The van der Waals surface area contributed by atoms with Crippen molar-refractivity contribution in [3.8, 4) is 0 Å². The molecule has 4 heteroatoms. The van der Waals surface area contributed by atoms with E-state index in [0.29, 0.717) is 6.42 Å². The molecule has 0 aliphatic carbocycles. The van der Waals surface area contributed by atoms with Gasteiger partial charge in [-0.05, 0) is 34.0 Å². The molecule has 2 atom stereocenters. The van der Waals surface area contributed by atoms with Gasteiger partial charge in [-0.3, -0.25) is 0 Å². The second-order valence-electron chi connectivity index (χ2n) is 3.18. The summed E-state index contributed by atoms with van der Waals surface area (Å²) in [6.45, 7) is 1.83. The van der Waals surface area contributed by atoms with E-state index in [2.05, 4.69) is 20.9 Å². The molecule has 0 spiro atoms. The number of halogens is 1. The normalized spacial score (nSPS) is 15.1. The molecular formula is C10H14BrNO2. The summed E-state index contributed by atoms with van der Waals surface area (Å²) in [5.41, 5.74) is 0.866. The van der Waals surface area contributed by atoms with E-state index in [1.54, 1.807) is 12.3 Å². The predicted molar refractivity (Wildman–Crippen MR) is 58.1 cm³/mol. The van der Waals surface area contributed by atoms with Crippen LogP contribution in [0.3, 0.4) is 0 Å². The molecule has 1 heterocycles. The van der Waals surface area contributed by atoms with E-state index in [0.717, 1.165) is 10.2 Å². The Kier molecular flexibility index (Phi) is 4.51. The summed E-state index contributed by atoms with van der Waals surface area (Å²) in [6.07, 6.45) is 1.79. The Hall–Kier alpha value is -0.450. The molecule has 1 aromatic rings. The van der Waals surface area contributed by atoms with Crippen molar-refractivity contribution in [2.24, 2.45) is 0 Å². The first-order chi connectivity index (χ1) is 6.69. The lowest BCUT2D eigenvalue weighted by atomic mass is 9.94. The minimum Gasteiger partial charge on any atom is -0.396 e. The van der Waals surface area contributed by atoms with E-state index in [1.807, 2.05) is 13.0 Å². The molecule has 1 rings (SSSR count). The molecular weight excluding hydrogens is 246 g/mol. The molecule has 78 valence electrons. The summed E-state index contributed by atoms with van der Waals surface area (Å²) in [7, 11) is 0. The lowest BCUT2D eigenvalue weighted by Gasteiger charge is -2.19. The van der Waals surface area contributed by atoms with Crippen molar-refractivity contribution in [2.45, 2.75) is 25.4 Å². The van der Waals surface area contributed by atoms with Gasteiger partial charge in [-0.15, -0.1) is 0 Å². The Morgan fingerprint density at radius 1 is 1.50 bits per heavy atom. The lowest BCUT2D eigenvalue weighted by Crippen LogP contribution is -2.21. The average Bonchev–Trinajstić information content (AvgIpc) is 2.21. The van der Waals surface area contributed by atoms with Gasteiger partial charge in [0.2, 0.25) is 0 Å². The van der Waals surface area contributed by atoms with E-state index in [-0.39, 0.29) is 12.5 Å². The van der Waals surface area contributed by atoms with Crippen LogP contribution >= 0.6 is 15.9 Å². The maximum Gasteiger partial charge on any atom is 0.106 e. The van der Waals surface area contributed by atoms with Crippen LogP contribution in [0.15, 0.2) is 22.9 Å².